The minimum absolute atomic E-state index is 0.597. The number of nitrogens with two attached hydrogens (primary N) is 1. The third-order valence-electron chi connectivity index (χ3n) is 3.26. The summed E-state index contributed by atoms with van der Waals surface area (Å²) in [5, 5.41) is 1.28. The van der Waals surface area contributed by atoms with Gasteiger partial charge in [0, 0.05) is 24.8 Å². The second-order valence-corrected chi connectivity index (χ2v) is 4.53. The van der Waals surface area contributed by atoms with Crippen molar-refractivity contribution >= 4 is 10.9 Å². The van der Waals surface area contributed by atoms with Crippen LogP contribution in [0.25, 0.3) is 10.9 Å². The number of para-hydroxylation sites is 1. The molecule has 2 aromatic carbocycles. The molecule has 0 saturated carbocycles. The van der Waals surface area contributed by atoms with Gasteiger partial charge in [0.2, 0.25) is 0 Å². The first-order valence-electron chi connectivity index (χ1n) is 6.18. The monoisotopic (exact) mass is 236 g/mol. The molecule has 0 atom stereocenters. The van der Waals surface area contributed by atoms with E-state index in [9.17, 15) is 0 Å². The molecular weight excluding hydrogens is 220 g/mol. The van der Waals surface area contributed by atoms with E-state index in [0.717, 1.165) is 6.54 Å². The summed E-state index contributed by atoms with van der Waals surface area (Å²) >= 11 is 0. The molecule has 0 amide bonds. The summed E-state index contributed by atoms with van der Waals surface area (Å²) in [5.74, 6) is 0. The standard InChI is InChI=1S/C16H16N2/c17-11-13-4-3-5-14(10-13)12-18-9-8-15-6-1-2-7-16(15)18/h1-10H,11-12,17H2. The van der Waals surface area contributed by atoms with Crippen LogP contribution in [0.3, 0.4) is 0 Å². The first kappa shape index (κ1) is 11.1. The van der Waals surface area contributed by atoms with Crippen LogP contribution < -0.4 is 5.73 Å². The lowest BCUT2D eigenvalue weighted by molar-refractivity contribution is 0.834. The van der Waals surface area contributed by atoms with Gasteiger partial charge >= 0.3 is 0 Å². The van der Waals surface area contributed by atoms with Gasteiger partial charge in [0.05, 0.1) is 0 Å². The van der Waals surface area contributed by atoms with Crippen molar-refractivity contribution in [2.45, 2.75) is 13.1 Å². The molecule has 0 saturated heterocycles. The molecule has 0 aliphatic heterocycles. The van der Waals surface area contributed by atoms with Crippen molar-refractivity contribution < 1.29 is 0 Å². The fourth-order valence-corrected chi connectivity index (χ4v) is 2.33. The van der Waals surface area contributed by atoms with Crippen LogP contribution in [0, 0.1) is 0 Å². The van der Waals surface area contributed by atoms with E-state index in [4.69, 9.17) is 5.73 Å². The molecule has 0 fully saturated rings. The van der Waals surface area contributed by atoms with Crippen LogP contribution in [0.15, 0.2) is 60.8 Å². The number of rotatable bonds is 3. The van der Waals surface area contributed by atoms with Gasteiger partial charge in [-0.1, -0.05) is 42.5 Å². The fourth-order valence-electron chi connectivity index (χ4n) is 2.33. The van der Waals surface area contributed by atoms with E-state index in [-0.39, 0.29) is 0 Å². The highest BCUT2D eigenvalue weighted by atomic mass is 14.9. The number of hydrogen-bond acceptors (Lipinski definition) is 1. The molecule has 0 bridgehead atoms. The maximum absolute atomic E-state index is 5.68. The topological polar surface area (TPSA) is 30.9 Å². The molecule has 3 aromatic rings. The first-order valence-corrected chi connectivity index (χ1v) is 6.18. The Kier molecular flexibility index (Phi) is 2.87. The van der Waals surface area contributed by atoms with Gasteiger partial charge in [-0.15, -0.1) is 0 Å². The zero-order valence-corrected chi connectivity index (χ0v) is 10.2. The summed E-state index contributed by atoms with van der Waals surface area (Å²) in [7, 11) is 0. The minimum atomic E-state index is 0.597. The lowest BCUT2D eigenvalue weighted by Gasteiger charge is -2.07. The van der Waals surface area contributed by atoms with Crippen molar-refractivity contribution in [1.29, 1.82) is 0 Å². The Labute approximate surface area is 107 Å². The minimum Gasteiger partial charge on any atom is -0.343 e. The number of aromatic nitrogens is 1. The van der Waals surface area contributed by atoms with Crippen LogP contribution in [0.2, 0.25) is 0 Å². The second-order valence-electron chi connectivity index (χ2n) is 4.53. The molecule has 2 nitrogen and oxygen atoms in total. The number of benzene rings is 2. The normalized spacial score (nSPS) is 10.9. The van der Waals surface area contributed by atoms with Gasteiger partial charge in [-0.25, -0.2) is 0 Å². The summed E-state index contributed by atoms with van der Waals surface area (Å²) in [4.78, 5) is 0. The predicted octanol–water partition coefficient (Wildman–Crippen LogP) is 3.15. The van der Waals surface area contributed by atoms with E-state index in [2.05, 4.69) is 65.4 Å². The number of fused-ring (bicyclic) bond motifs is 1. The van der Waals surface area contributed by atoms with Gasteiger partial charge in [0.25, 0.3) is 0 Å². The zero-order chi connectivity index (χ0) is 12.4. The van der Waals surface area contributed by atoms with E-state index in [0.29, 0.717) is 6.54 Å². The summed E-state index contributed by atoms with van der Waals surface area (Å²) in [6, 6.07) is 19.1. The average molecular weight is 236 g/mol. The van der Waals surface area contributed by atoms with Crippen LogP contribution >= 0.6 is 0 Å². The molecule has 90 valence electrons. The average Bonchev–Trinajstić information content (AvgIpc) is 2.83. The third-order valence-corrected chi connectivity index (χ3v) is 3.26. The summed E-state index contributed by atoms with van der Waals surface area (Å²) in [6.45, 7) is 1.49. The predicted molar refractivity (Wildman–Crippen MR) is 75.4 cm³/mol. The van der Waals surface area contributed by atoms with Crippen molar-refractivity contribution in [2.75, 3.05) is 0 Å². The van der Waals surface area contributed by atoms with Gasteiger partial charge in [0.1, 0.15) is 0 Å². The van der Waals surface area contributed by atoms with E-state index >= 15 is 0 Å². The van der Waals surface area contributed by atoms with Crippen LogP contribution in [0.5, 0.6) is 0 Å². The van der Waals surface area contributed by atoms with Crippen molar-refractivity contribution in [3.8, 4) is 0 Å². The lowest BCUT2D eigenvalue weighted by Crippen LogP contribution is -2.01. The molecule has 1 aromatic heterocycles. The Balaban J connectivity index is 1.96. The van der Waals surface area contributed by atoms with E-state index in [1.807, 2.05) is 0 Å². The SMILES string of the molecule is NCc1cccc(Cn2ccc3ccccc32)c1. The molecule has 0 radical (unpaired) electrons. The second kappa shape index (κ2) is 4.67. The zero-order valence-electron chi connectivity index (χ0n) is 10.2. The van der Waals surface area contributed by atoms with Gasteiger partial charge in [-0.3, -0.25) is 0 Å². The molecule has 0 aliphatic carbocycles. The maximum atomic E-state index is 5.68. The van der Waals surface area contributed by atoms with Gasteiger partial charge in [-0.05, 0) is 28.6 Å². The Morgan fingerprint density at radius 3 is 2.61 bits per heavy atom. The Hall–Kier alpha value is -2.06. The summed E-state index contributed by atoms with van der Waals surface area (Å²) < 4.78 is 2.27. The quantitative estimate of drug-likeness (QED) is 0.744. The smallest absolute Gasteiger partial charge is 0.0483 e. The molecule has 1 heterocycles. The summed E-state index contributed by atoms with van der Waals surface area (Å²) in [6.07, 6.45) is 2.14. The molecule has 2 heteroatoms. The van der Waals surface area contributed by atoms with Crippen molar-refractivity contribution in [3.05, 3.63) is 71.9 Å². The highest BCUT2D eigenvalue weighted by Crippen LogP contribution is 2.17. The van der Waals surface area contributed by atoms with Crippen LogP contribution in [-0.4, -0.2) is 4.57 Å². The molecule has 0 aliphatic rings. The van der Waals surface area contributed by atoms with Gasteiger partial charge < -0.3 is 10.3 Å². The van der Waals surface area contributed by atoms with Crippen molar-refractivity contribution in [3.63, 3.8) is 0 Å². The van der Waals surface area contributed by atoms with Crippen LogP contribution in [-0.2, 0) is 13.1 Å². The molecule has 0 unspecified atom stereocenters. The highest BCUT2D eigenvalue weighted by Gasteiger charge is 2.01. The maximum Gasteiger partial charge on any atom is 0.0483 e. The molecule has 18 heavy (non-hydrogen) atoms. The highest BCUT2D eigenvalue weighted by molar-refractivity contribution is 5.80. The van der Waals surface area contributed by atoms with Crippen molar-refractivity contribution in [1.82, 2.24) is 4.57 Å². The first-order chi connectivity index (χ1) is 8.86. The Bertz CT molecular complexity index is 667. The van der Waals surface area contributed by atoms with Crippen LogP contribution in [0.4, 0.5) is 0 Å². The van der Waals surface area contributed by atoms with Gasteiger partial charge in [0.15, 0.2) is 0 Å². The number of hydrogen-bond donors (Lipinski definition) is 1. The molecular formula is C16H16N2. The molecule has 0 spiro atoms. The number of nitrogens with zero attached hydrogens (tertiary/aromatic N) is 1. The van der Waals surface area contributed by atoms with E-state index in [1.165, 1.54) is 22.0 Å². The van der Waals surface area contributed by atoms with Crippen LogP contribution in [0.1, 0.15) is 11.1 Å². The van der Waals surface area contributed by atoms with E-state index in [1.54, 1.807) is 0 Å². The van der Waals surface area contributed by atoms with Crippen molar-refractivity contribution in [2.24, 2.45) is 5.73 Å². The summed E-state index contributed by atoms with van der Waals surface area (Å²) in [5.41, 5.74) is 9.42. The Morgan fingerprint density at radius 1 is 0.889 bits per heavy atom. The fraction of sp³-hybridized carbons (Fsp3) is 0.125. The Morgan fingerprint density at radius 2 is 1.72 bits per heavy atom. The largest absolute Gasteiger partial charge is 0.343 e. The van der Waals surface area contributed by atoms with E-state index < -0.39 is 0 Å². The lowest BCUT2D eigenvalue weighted by atomic mass is 10.1. The molecule has 3 rings (SSSR count). The third kappa shape index (κ3) is 2.03. The van der Waals surface area contributed by atoms with Gasteiger partial charge in [-0.2, -0.15) is 0 Å². The molecule has 2 N–H and O–H groups in total.